The summed E-state index contributed by atoms with van der Waals surface area (Å²) in [5.41, 5.74) is 0.793. The fourth-order valence-electron chi connectivity index (χ4n) is 4.84. The van der Waals surface area contributed by atoms with Gasteiger partial charge in [0.15, 0.2) is 0 Å². The number of fused-ring (bicyclic) bond motifs is 1. The fraction of sp³-hybridized carbons (Fsp3) is 0.619. The van der Waals surface area contributed by atoms with E-state index >= 15 is 0 Å². The molecular formula is C21H26ClFN2O2. The molecule has 146 valence electrons. The van der Waals surface area contributed by atoms with Crippen LogP contribution in [0, 0.1) is 23.6 Å². The van der Waals surface area contributed by atoms with E-state index in [9.17, 15) is 14.0 Å². The lowest BCUT2D eigenvalue weighted by atomic mass is 10.0. The zero-order chi connectivity index (χ0) is 19.1. The molecule has 2 aliphatic carbocycles. The minimum absolute atomic E-state index is 0.0798. The number of nitrogens with zero attached hydrogens (tertiary/aromatic N) is 1. The Morgan fingerprint density at radius 1 is 1.30 bits per heavy atom. The summed E-state index contributed by atoms with van der Waals surface area (Å²) in [4.78, 5) is 27.2. The molecule has 0 aromatic heterocycles. The smallest absolute Gasteiger partial charge is 0.223 e. The van der Waals surface area contributed by atoms with Crippen LogP contribution in [0.4, 0.5) is 4.39 Å². The van der Waals surface area contributed by atoms with Gasteiger partial charge in [-0.15, -0.1) is 0 Å². The summed E-state index contributed by atoms with van der Waals surface area (Å²) in [6.45, 7) is 2.87. The molecule has 2 saturated carbocycles. The fourth-order valence-corrected chi connectivity index (χ4v) is 5.10. The Bertz CT molecular complexity index is 756. The lowest BCUT2D eigenvalue weighted by molar-refractivity contribution is -0.133. The van der Waals surface area contributed by atoms with Crippen molar-refractivity contribution in [2.75, 3.05) is 6.54 Å². The van der Waals surface area contributed by atoms with E-state index in [0.29, 0.717) is 29.7 Å². The van der Waals surface area contributed by atoms with E-state index in [1.54, 1.807) is 6.07 Å². The van der Waals surface area contributed by atoms with Gasteiger partial charge >= 0.3 is 0 Å². The third-order valence-corrected chi connectivity index (χ3v) is 6.91. The molecule has 2 amide bonds. The molecule has 0 unspecified atom stereocenters. The first kappa shape index (κ1) is 18.7. The normalized spacial score (nSPS) is 31.7. The zero-order valence-electron chi connectivity index (χ0n) is 15.6. The van der Waals surface area contributed by atoms with E-state index in [1.165, 1.54) is 12.1 Å². The molecule has 1 aromatic rings. The number of benzene rings is 1. The molecule has 1 aromatic carbocycles. The van der Waals surface area contributed by atoms with Crippen molar-refractivity contribution in [3.63, 3.8) is 0 Å². The van der Waals surface area contributed by atoms with Crippen LogP contribution in [0.2, 0.25) is 5.02 Å². The molecule has 0 spiro atoms. The summed E-state index contributed by atoms with van der Waals surface area (Å²) in [5, 5.41) is 3.59. The van der Waals surface area contributed by atoms with E-state index in [4.69, 9.17) is 11.6 Å². The Kier molecular flexibility index (Phi) is 5.15. The number of rotatable bonds is 5. The van der Waals surface area contributed by atoms with Crippen LogP contribution in [0.1, 0.15) is 44.6 Å². The highest BCUT2D eigenvalue weighted by molar-refractivity contribution is 6.31. The summed E-state index contributed by atoms with van der Waals surface area (Å²) >= 11 is 6.08. The number of carbonyl (C=O) groups is 2. The van der Waals surface area contributed by atoms with Crippen LogP contribution in [-0.4, -0.2) is 35.3 Å². The minimum Gasteiger partial charge on any atom is -0.351 e. The van der Waals surface area contributed by atoms with Crippen LogP contribution < -0.4 is 5.32 Å². The maximum atomic E-state index is 13.2. The van der Waals surface area contributed by atoms with Crippen LogP contribution in [0.3, 0.4) is 0 Å². The molecule has 4 nitrogen and oxygen atoms in total. The number of aryl methyl sites for hydroxylation is 1. The van der Waals surface area contributed by atoms with Crippen molar-refractivity contribution in [1.29, 1.82) is 0 Å². The molecule has 3 aliphatic rings. The Morgan fingerprint density at radius 3 is 2.78 bits per heavy atom. The predicted octanol–water partition coefficient (Wildman–Crippen LogP) is 3.56. The maximum absolute atomic E-state index is 13.2. The van der Waals surface area contributed by atoms with Gasteiger partial charge in [-0.1, -0.05) is 24.6 Å². The summed E-state index contributed by atoms with van der Waals surface area (Å²) in [7, 11) is 0. The lowest BCUT2D eigenvalue weighted by Crippen LogP contribution is -2.50. The third-order valence-electron chi connectivity index (χ3n) is 6.56. The van der Waals surface area contributed by atoms with Crippen molar-refractivity contribution < 1.29 is 14.0 Å². The largest absolute Gasteiger partial charge is 0.351 e. The molecule has 3 fully saturated rings. The van der Waals surface area contributed by atoms with Crippen molar-refractivity contribution in [1.82, 2.24) is 10.2 Å². The van der Waals surface area contributed by atoms with Gasteiger partial charge in [0.2, 0.25) is 11.8 Å². The molecule has 1 N–H and O–H groups in total. The molecule has 6 heteroatoms. The number of carbonyl (C=O) groups excluding carboxylic acids is 2. The van der Waals surface area contributed by atoms with Gasteiger partial charge in [0, 0.05) is 29.9 Å². The summed E-state index contributed by atoms with van der Waals surface area (Å²) in [5.74, 6) is 1.03. The molecule has 1 heterocycles. The van der Waals surface area contributed by atoms with Crippen molar-refractivity contribution in [2.45, 2.75) is 57.5 Å². The highest BCUT2D eigenvalue weighted by Crippen LogP contribution is 2.41. The van der Waals surface area contributed by atoms with Crippen molar-refractivity contribution >= 4 is 23.4 Å². The maximum Gasteiger partial charge on any atom is 0.223 e. The van der Waals surface area contributed by atoms with Gasteiger partial charge in [-0.25, -0.2) is 4.39 Å². The van der Waals surface area contributed by atoms with Gasteiger partial charge in [0.05, 0.1) is 6.04 Å². The van der Waals surface area contributed by atoms with Gasteiger partial charge in [-0.2, -0.15) is 0 Å². The number of hydrogen-bond donors (Lipinski definition) is 1. The Labute approximate surface area is 164 Å². The molecule has 0 bridgehead atoms. The van der Waals surface area contributed by atoms with Gasteiger partial charge in [0.1, 0.15) is 5.82 Å². The second kappa shape index (κ2) is 7.42. The lowest BCUT2D eigenvalue weighted by Gasteiger charge is -2.30. The second-order valence-corrected chi connectivity index (χ2v) is 8.78. The summed E-state index contributed by atoms with van der Waals surface area (Å²) in [6, 6.07) is 4.51. The highest BCUT2D eigenvalue weighted by Gasteiger charge is 2.48. The molecule has 1 saturated heterocycles. The number of halogens is 2. The van der Waals surface area contributed by atoms with E-state index in [2.05, 4.69) is 12.2 Å². The second-order valence-electron chi connectivity index (χ2n) is 8.37. The van der Waals surface area contributed by atoms with Crippen LogP contribution >= 0.6 is 11.6 Å². The first-order chi connectivity index (χ1) is 12.9. The van der Waals surface area contributed by atoms with Gasteiger partial charge in [-0.05, 0) is 61.6 Å². The molecule has 1 aliphatic heterocycles. The predicted molar refractivity (Wildman–Crippen MR) is 102 cm³/mol. The quantitative estimate of drug-likeness (QED) is 0.832. The molecule has 0 radical (unpaired) electrons. The molecule has 27 heavy (non-hydrogen) atoms. The van der Waals surface area contributed by atoms with Crippen LogP contribution in [0.25, 0.3) is 0 Å². The van der Waals surface area contributed by atoms with Crippen LogP contribution in [-0.2, 0) is 16.0 Å². The zero-order valence-corrected chi connectivity index (χ0v) is 16.3. The van der Waals surface area contributed by atoms with Gasteiger partial charge in [-0.3, -0.25) is 9.59 Å². The monoisotopic (exact) mass is 392 g/mol. The average molecular weight is 393 g/mol. The molecule has 5 atom stereocenters. The van der Waals surface area contributed by atoms with Crippen molar-refractivity contribution in [3.05, 3.63) is 34.6 Å². The SMILES string of the molecule is C[C@@H]1C[C@H]1C(=O)N[C@@H]1CC[C@H]2CCN(C(=O)CCc3ccc(F)cc3Cl)[C@H]21. The van der Waals surface area contributed by atoms with Crippen molar-refractivity contribution in [2.24, 2.45) is 17.8 Å². The van der Waals surface area contributed by atoms with E-state index in [-0.39, 0.29) is 35.6 Å². The molecular weight excluding hydrogens is 367 g/mol. The summed E-state index contributed by atoms with van der Waals surface area (Å²) in [6.07, 6.45) is 4.88. The molecule has 4 rings (SSSR count). The number of hydrogen-bond acceptors (Lipinski definition) is 2. The Morgan fingerprint density at radius 2 is 2.07 bits per heavy atom. The first-order valence-corrected chi connectivity index (χ1v) is 10.4. The van der Waals surface area contributed by atoms with Gasteiger partial charge in [0.25, 0.3) is 0 Å². The van der Waals surface area contributed by atoms with Gasteiger partial charge < -0.3 is 10.2 Å². The van der Waals surface area contributed by atoms with E-state index < -0.39 is 0 Å². The van der Waals surface area contributed by atoms with Crippen LogP contribution in [0.5, 0.6) is 0 Å². The minimum atomic E-state index is -0.369. The average Bonchev–Trinajstić information content (AvgIpc) is 3.03. The van der Waals surface area contributed by atoms with Crippen LogP contribution in [0.15, 0.2) is 18.2 Å². The first-order valence-electron chi connectivity index (χ1n) is 9.98. The number of likely N-dealkylation sites (tertiary alicyclic amines) is 1. The van der Waals surface area contributed by atoms with E-state index in [1.807, 2.05) is 4.90 Å². The number of amides is 2. The van der Waals surface area contributed by atoms with E-state index in [0.717, 1.165) is 37.8 Å². The highest BCUT2D eigenvalue weighted by atomic mass is 35.5. The number of nitrogens with one attached hydrogen (secondary N) is 1. The summed E-state index contributed by atoms with van der Waals surface area (Å²) < 4.78 is 13.2. The van der Waals surface area contributed by atoms with Crippen molar-refractivity contribution in [3.8, 4) is 0 Å². The topological polar surface area (TPSA) is 49.4 Å². The Balaban J connectivity index is 1.37. The third kappa shape index (κ3) is 3.84. The Hall–Kier alpha value is -1.62. The standard InChI is InChI=1S/C21H26ClFN2O2/c1-12-10-16(12)21(27)24-18-6-3-14-8-9-25(20(14)18)19(26)7-4-13-2-5-15(23)11-17(13)22/h2,5,11-12,14,16,18,20H,3-4,6-10H2,1H3,(H,24,27)/t12-,14+,16-,18-,20-/m1/s1.